The molecule has 3 aromatic heterocycles. The summed E-state index contributed by atoms with van der Waals surface area (Å²) in [5.41, 5.74) is 10.2. The topological polar surface area (TPSA) is 99.2 Å². The van der Waals surface area contributed by atoms with Crippen LogP contribution in [0.25, 0.3) is 21.6 Å². The molecule has 6 rings (SSSR count). The average molecular weight is 573 g/mol. The summed E-state index contributed by atoms with van der Waals surface area (Å²) in [7, 11) is 0. The number of amides is 1. The molecule has 2 aliphatic rings. The van der Waals surface area contributed by atoms with E-state index in [-0.39, 0.29) is 6.09 Å². The first-order valence-electron chi connectivity index (χ1n) is 14.7. The second-order valence-electron chi connectivity index (χ2n) is 12.8. The first kappa shape index (κ1) is 27.7. The van der Waals surface area contributed by atoms with Crippen LogP contribution >= 0.6 is 11.3 Å². The van der Waals surface area contributed by atoms with Crippen molar-refractivity contribution in [3.63, 3.8) is 0 Å². The molecule has 0 bridgehead atoms. The van der Waals surface area contributed by atoms with E-state index in [1.807, 2.05) is 31.7 Å². The highest BCUT2D eigenvalue weighted by atomic mass is 32.1. The Morgan fingerprint density at radius 2 is 1.95 bits per heavy atom. The van der Waals surface area contributed by atoms with Crippen LogP contribution in [-0.4, -0.2) is 49.2 Å². The number of hydrogen-bond acceptors (Lipinski definition) is 7. The molecular formula is C32H40N6O2S. The highest BCUT2D eigenvalue weighted by Crippen LogP contribution is 2.46. The number of ether oxygens (including phenoxy) is 1. The number of likely N-dealkylation sites (tertiary alicyclic amines) is 1. The van der Waals surface area contributed by atoms with E-state index in [2.05, 4.69) is 52.3 Å². The Morgan fingerprint density at radius 1 is 1.15 bits per heavy atom. The number of hydrogen-bond donors (Lipinski definition) is 1. The van der Waals surface area contributed by atoms with Gasteiger partial charge in [0.1, 0.15) is 28.4 Å². The standard InChI is InChI=1S/C32H40N6O2S/c1-20-16-37(31(39)40-32(2,3)4)13-12-25(20)22-10-11-24(15-22)38-17-26(27-28(33)34-19-35-29(27)38)30-36-23(18-41-30)14-21-8-6-5-7-9-21/h5-9,17-20,22,24-25H,10-16H2,1-4H3,(H2,33,34,35). The number of carbonyl (C=O) groups excluding carboxylic acids is 1. The Balaban J connectivity index is 1.19. The minimum Gasteiger partial charge on any atom is -0.444 e. The fraction of sp³-hybridized carbons (Fsp3) is 0.500. The predicted octanol–water partition coefficient (Wildman–Crippen LogP) is 6.96. The monoisotopic (exact) mass is 572 g/mol. The number of fused-ring (bicyclic) bond motifs is 1. The van der Waals surface area contributed by atoms with Crippen LogP contribution in [-0.2, 0) is 11.2 Å². The number of nitrogens with zero attached hydrogens (tertiary/aromatic N) is 5. The Bertz CT molecular complexity index is 1520. The summed E-state index contributed by atoms with van der Waals surface area (Å²) in [5.74, 6) is 2.15. The molecule has 216 valence electrons. The molecule has 4 heterocycles. The fourth-order valence-corrected chi connectivity index (χ4v) is 7.69. The predicted molar refractivity (Wildman–Crippen MR) is 164 cm³/mol. The quantitative estimate of drug-likeness (QED) is 0.277. The van der Waals surface area contributed by atoms with Gasteiger partial charge in [-0.25, -0.2) is 19.7 Å². The van der Waals surface area contributed by atoms with Crippen LogP contribution in [0.1, 0.15) is 70.7 Å². The van der Waals surface area contributed by atoms with Crippen molar-refractivity contribution in [1.29, 1.82) is 0 Å². The van der Waals surface area contributed by atoms with Crippen molar-refractivity contribution in [2.24, 2.45) is 17.8 Å². The third-order valence-corrected chi connectivity index (χ3v) is 9.64. The second kappa shape index (κ2) is 11.1. The van der Waals surface area contributed by atoms with Crippen molar-refractivity contribution in [3.05, 3.63) is 59.5 Å². The number of carbonyl (C=O) groups is 1. The third kappa shape index (κ3) is 5.82. The van der Waals surface area contributed by atoms with Gasteiger partial charge in [-0.2, -0.15) is 0 Å². The zero-order chi connectivity index (χ0) is 28.7. The van der Waals surface area contributed by atoms with Crippen molar-refractivity contribution in [2.75, 3.05) is 18.8 Å². The number of anilines is 1. The normalized spacial score (nSPS) is 23.3. The number of rotatable bonds is 5. The molecule has 4 aromatic rings. The summed E-state index contributed by atoms with van der Waals surface area (Å²) < 4.78 is 7.97. The zero-order valence-corrected chi connectivity index (χ0v) is 25.2. The number of aromatic nitrogens is 4. The van der Waals surface area contributed by atoms with Gasteiger partial charge in [-0.05, 0) is 69.8 Å². The molecule has 4 atom stereocenters. The highest BCUT2D eigenvalue weighted by Gasteiger charge is 2.39. The van der Waals surface area contributed by atoms with E-state index in [1.54, 1.807) is 17.7 Å². The number of thiazole rings is 1. The molecule has 4 unspecified atom stereocenters. The van der Waals surface area contributed by atoms with Gasteiger partial charge in [0.2, 0.25) is 0 Å². The van der Waals surface area contributed by atoms with Crippen molar-refractivity contribution in [1.82, 2.24) is 24.4 Å². The maximum atomic E-state index is 12.7. The zero-order valence-electron chi connectivity index (χ0n) is 24.4. The number of nitrogen functional groups attached to an aromatic ring is 1. The summed E-state index contributed by atoms with van der Waals surface area (Å²) in [6.45, 7) is 9.59. The third-order valence-electron chi connectivity index (χ3n) is 8.72. The minimum atomic E-state index is -0.469. The van der Waals surface area contributed by atoms with Crippen LogP contribution in [0.15, 0.2) is 48.2 Å². The van der Waals surface area contributed by atoms with Gasteiger partial charge in [0.15, 0.2) is 0 Å². The number of benzene rings is 1. The van der Waals surface area contributed by atoms with Crippen molar-refractivity contribution >= 4 is 34.3 Å². The lowest BCUT2D eigenvalue weighted by Gasteiger charge is -2.40. The molecule has 2 fully saturated rings. The van der Waals surface area contributed by atoms with Crippen LogP contribution in [0.2, 0.25) is 0 Å². The van der Waals surface area contributed by atoms with Crippen LogP contribution in [0.5, 0.6) is 0 Å². The average Bonchev–Trinajstić information content (AvgIpc) is 3.67. The van der Waals surface area contributed by atoms with Crippen LogP contribution in [0.3, 0.4) is 0 Å². The molecular weight excluding hydrogens is 532 g/mol. The van der Waals surface area contributed by atoms with E-state index in [0.717, 1.165) is 66.1 Å². The molecule has 9 heteroatoms. The molecule has 1 saturated carbocycles. The van der Waals surface area contributed by atoms with E-state index in [1.165, 1.54) is 12.0 Å². The molecule has 1 aliphatic carbocycles. The van der Waals surface area contributed by atoms with Gasteiger partial charge >= 0.3 is 6.09 Å². The SMILES string of the molecule is CC1CN(C(=O)OC(C)(C)C)CCC1C1CCC(n2cc(-c3nc(Cc4ccccc4)cs3)c3c(N)ncnc32)C1. The highest BCUT2D eigenvalue weighted by molar-refractivity contribution is 7.13. The van der Waals surface area contributed by atoms with E-state index in [9.17, 15) is 4.79 Å². The van der Waals surface area contributed by atoms with Crippen molar-refractivity contribution in [2.45, 2.75) is 71.4 Å². The first-order valence-corrected chi connectivity index (χ1v) is 15.6. The van der Waals surface area contributed by atoms with E-state index >= 15 is 0 Å². The van der Waals surface area contributed by atoms with Gasteiger partial charge in [0.05, 0.1) is 11.1 Å². The first-order chi connectivity index (χ1) is 19.7. The lowest BCUT2D eigenvalue weighted by Crippen LogP contribution is -2.46. The summed E-state index contributed by atoms with van der Waals surface area (Å²) in [6, 6.07) is 10.8. The van der Waals surface area contributed by atoms with Crippen LogP contribution in [0.4, 0.5) is 10.6 Å². The largest absolute Gasteiger partial charge is 0.444 e. The lowest BCUT2D eigenvalue weighted by atomic mass is 9.76. The lowest BCUT2D eigenvalue weighted by molar-refractivity contribution is 0.00690. The molecule has 1 aromatic carbocycles. The molecule has 2 N–H and O–H groups in total. The van der Waals surface area contributed by atoms with E-state index < -0.39 is 5.60 Å². The van der Waals surface area contributed by atoms with E-state index in [4.69, 9.17) is 20.4 Å². The summed E-state index contributed by atoms with van der Waals surface area (Å²) in [5, 5.41) is 4.00. The smallest absolute Gasteiger partial charge is 0.410 e. The van der Waals surface area contributed by atoms with Crippen LogP contribution < -0.4 is 5.73 Å². The van der Waals surface area contributed by atoms with Gasteiger partial charge in [-0.1, -0.05) is 37.3 Å². The Morgan fingerprint density at radius 3 is 2.71 bits per heavy atom. The van der Waals surface area contributed by atoms with Gasteiger partial charge < -0.3 is 19.9 Å². The molecule has 1 saturated heterocycles. The van der Waals surface area contributed by atoms with Gasteiger partial charge in [-0.3, -0.25) is 0 Å². The summed E-state index contributed by atoms with van der Waals surface area (Å²) >= 11 is 1.65. The minimum absolute atomic E-state index is 0.190. The second-order valence-corrected chi connectivity index (χ2v) is 13.7. The van der Waals surface area contributed by atoms with Crippen molar-refractivity contribution < 1.29 is 9.53 Å². The number of piperidine rings is 1. The molecule has 0 radical (unpaired) electrons. The maximum Gasteiger partial charge on any atom is 0.410 e. The maximum absolute atomic E-state index is 12.7. The Hall–Kier alpha value is -3.46. The fourth-order valence-electron chi connectivity index (χ4n) is 6.86. The molecule has 1 amide bonds. The Labute approximate surface area is 246 Å². The van der Waals surface area contributed by atoms with Crippen molar-refractivity contribution in [3.8, 4) is 10.6 Å². The molecule has 8 nitrogen and oxygen atoms in total. The van der Waals surface area contributed by atoms with Gasteiger partial charge in [0, 0.05) is 42.7 Å². The van der Waals surface area contributed by atoms with E-state index in [0.29, 0.717) is 29.6 Å². The molecule has 0 spiro atoms. The van der Waals surface area contributed by atoms with Crippen LogP contribution in [0, 0.1) is 17.8 Å². The molecule has 41 heavy (non-hydrogen) atoms. The Kier molecular flexibility index (Phi) is 7.49. The van der Waals surface area contributed by atoms with Gasteiger partial charge in [0.25, 0.3) is 0 Å². The molecule has 1 aliphatic heterocycles. The summed E-state index contributed by atoms with van der Waals surface area (Å²) in [6.07, 6.45) is 8.80. The van der Waals surface area contributed by atoms with Gasteiger partial charge in [-0.15, -0.1) is 11.3 Å². The summed E-state index contributed by atoms with van der Waals surface area (Å²) in [4.78, 5) is 28.6. The number of nitrogens with two attached hydrogens (primary N) is 1.